The number of hydrogen-bond acceptors (Lipinski definition) is 14. The van der Waals surface area contributed by atoms with Crippen molar-refractivity contribution in [2.75, 3.05) is 91.3 Å². The number of ketones is 2. The number of azo groups is 2. The monoisotopic (exact) mass is 1030 g/mol. The second-order valence-electron chi connectivity index (χ2n) is 18.5. The summed E-state index contributed by atoms with van der Waals surface area (Å²) in [4.78, 5) is 52.8. The predicted molar refractivity (Wildman–Crippen MR) is 276 cm³/mol. The number of carbonyl (C=O) groups excluding carboxylic acids is 4. The van der Waals surface area contributed by atoms with Crippen molar-refractivity contribution in [1.29, 1.82) is 0 Å². The van der Waals surface area contributed by atoms with Crippen LogP contribution in [0.1, 0.15) is 61.8 Å². The van der Waals surface area contributed by atoms with Crippen molar-refractivity contribution >= 4 is 46.1 Å². The molecule has 72 heavy (non-hydrogen) atoms. The molecule has 0 aliphatic carbocycles. The number of rotatable bonds is 29. The summed E-state index contributed by atoms with van der Waals surface area (Å²) >= 11 is 0. The topological polar surface area (TPSA) is 264 Å². The van der Waals surface area contributed by atoms with Crippen LogP contribution < -0.4 is 67.9 Å². The molecule has 0 saturated carbocycles. The average molecular weight is 1040 g/mol. The third kappa shape index (κ3) is 18.4. The number of Topliss-reactive ketones (excluding diaryl/α,β-unsaturated/α-hetero) is 2. The summed E-state index contributed by atoms with van der Waals surface area (Å²) in [5.41, 5.74) is 30.3. The summed E-state index contributed by atoms with van der Waals surface area (Å²) in [7, 11) is 7.41. The first-order chi connectivity index (χ1) is 33.4. The predicted octanol–water partition coefficient (Wildman–Crippen LogP) is 0.644. The molecule has 2 atom stereocenters. The quantitative estimate of drug-likeness (QED) is 0.0251. The molecule has 10 N–H and O–H groups in total. The number of hydrogen-bond donors (Lipinski definition) is 6. The highest BCUT2D eigenvalue weighted by atomic mass is 35.5. The Labute approximate surface area is 437 Å². The molecule has 4 aromatic rings. The van der Waals surface area contributed by atoms with Crippen LogP contribution in [-0.2, 0) is 32.3 Å². The third-order valence-corrected chi connectivity index (χ3v) is 12.4. The zero-order valence-electron chi connectivity index (χ0n) is 43.2. The maximum atomic E-state index is 13.6. The Hall–Kier alpha value is -5.70. The number of carbonyl (C=O) groups is 4. The van der Waals surface area contributed by atoms with Gasteiger partial charge in [-0.25, -0.2) is 0 Å². The van der Waals surface area contributed by atoms with Gasteiger partial charge < -0.3 is 76.8 Å². The number of nitrogens with one attached hydrogen (secondary N) is 2. The molecule has 0 saturated heterocycles. The first-order valence-corrected chi connectivity index (χ1v) is 23.9. The number of aryl methyl sites for hydroxylation is 2. The van der Waals surface area contributed by atoms with E-state index in [4.69, 9.17) is 32.4 Å². The van der Waals surface area contributed by atoms with Crippen LogP contribution in [0.4, 0.5) is 22.7 Å². The Morgan fingerprint density at radius 2 is 0.875 bits per heavy atom. The van der Waals surface area contributed by atoms with Gasteiger partial charge in [-0.1, -0.05) is 12.1 Å². The Morgan fingerprint density at radius 1 is 0.542 bits per heavy atom. The number of benzene rings is 4. The van der Waals surface area contributed by atoms with E-state index in [9.17, 15) is 19.2 Å². The Morgan fingerprint density at radius 3 is 1.15 bits per heavy atom. The van der Waals surface area contributed by atoms with Crippen molar-refractivity contribution in [3.8, 4) is 22.6 Å². The lowest BCUT2D eigenvalue weighted by molar-refractivity contribution is -0.922. The van der Waals surface area contributed by atoms with Gasteiger partial charge in [0.1, 0.15) is 36.0 Å². The van der Waals surface area contributed by atoms with Gasteiger partial charge in [0.05, 0.1) is 54.5 Å². The molecule has 0 aliphatic heterocycles. The van der Waals surface area contributed by atoms with Crippen molar-refractivity contribution in [2.24, 2.45) is 43.4 Å². The maximum Gasteiger partial charge on any atom is 0.258 e. The average Bonchev–Trinajstić information content (AvgIpc) is 3.32. The van der Waals surface area contributed by atoms with Crippen molar-refractivity contribution in [2.45, 2.75) is 78.6 Å². The van der Waals surface area contributed by atoms with Crippen LogP contribution >= 0.6 is 0 Å². The van der Waals surface area contributed by atoms with Crippen LogP contribution in [0, 0.1) is 13.8 Å². The van der Waals surface area contributed by atoms with Gasteiger partial charge >= 0.3 is 0 Å². The summed E-state index contributed by atoms with van der Waals surface area (Å²) in [5.74, 6) is -1.29. The number of methoxy groups -OCH3 is 2. The smallest absolute Gasteiger partial charge is 0.258 e. The number of nitrogens with two attached hydrogens (primary N) is 4. The maximum absolute atomic E-state index is 13.6. The van der Waals surface area contributed by atoms with E-state index in [1.807, 2.05) is 74.5 Å². The fraction of sp³-hybridized carbons (Fsp3) is 0.462. The molecule has 4 rings (SSSR count). The first kappa shape index (κ1) is 62.4. The lowest BCUT2D eigenvalue weighted by atomic mass is 9.99. The van der Waals surface area contributed by atoms with E-state index in [0.717, 1.165) is 94.2 Å². The van der Waals surface area contributed by atoms with E-state index < -0.39 is 35.5 Å². The highest BCUT2D eigenvalue weighted by molar-refractivity contribution is 6.11. The molecule has 394 valence electrons. The number of nitrogens with zero attached hydrogens (tertiary/aromatic N) is 6. The van der Waals surface area contributed by atoms with Crippen LogP contribution in [0.3, 0.4) is 0 Å². The van der Waals surface area contributed by atoms with Crippen LogP contribution in [0.2, 0.25) is 0 Å². The Bertz CT molecular complexity index is 2300. The minimum atomic E-state index is -1.41. The normalized spacial score (nSPS) is 12.4. The van der Waals surface area contributed by atoms with Gasteiger partial charge in [-0.15, -0.1) is 0 Å². The van der Waals surface area contributed by atoms with Gasteiger partial charge in [0.15, 0.2) is 11.6 Å². The summed E-state index contributed by atoms with van der Waals surface area (Å²) in [5, 5.41) is 22.9. The SMILES string of the molecule is COc1ccc(C[N+](C)(CCCN)CCCN)cc1N=NC(C(C)=O)C(=O)Nc1ccc(-c2ccc(NC(=O)C(N=Nc3cc(C[N+](C)(CCCN)CCCN)ccc3OC)C(C)=O)c(C)c2)cc1C.[Cl-].[Cl-]. The number of halogens is 2. The summed E-state index contributed by atoms with van der Waals surface area (Å²) < 4.78 is 12.6. The number of ether oxygens (including phenoxy) is 2. The molecule has 0 spiro atoms. The highest BCUT2D eigenvalue weighted by Crippen LogP contribution is 2.33. The van der Waals surface area contributed by atoms with Crippen LogP contribution in [0.15, 0.2) is 93.3 Å². The molecule has 4 aromatic carbocycles. The molecule has 2 unspecified atom stereocenters. The van der Waals surface area contributed by atoms with Crippen molar-refractivity contribution in [3.63, 3.8) is 0 Å². The molecular weight excluding hydrogens is 960 g/mol. The molecule has 0 aliphatic rings. The zero-order valence-corrected chi connectivity index (χ0v) is 44.7. The van der Waals surface area contributed by atoms with Crippen LogP contribution in [-0.4, -0.2) is 125 Å². The summed E-state index contributed by atoms with van der Waals surface area (Å²) in [6.45, 7) is 13.6. The molecule has 20 heteroatoms. The van der Waals surface area contributed by atoms with Crippen molar-refractivity contribution in [3.05, 3.63) is 95.1 Å². The molecule has 18 nitrogen and oxygen atoms in total. The van der Waals surface area contributed by atoms with Gasteiger partial charge in [-0.3, -0.25) is 19.2 Å². The number of quaternary nitrogens is 2. The van der Waals surface area contributed by atoms with E-state index in [1.165, 1.54) is 28.1 Å². The van der Waals surface area contributed by atoms with Crippen molar-refractivity contribution < 1.29 is 62.4 Å². The van der Waals surface area contributed by atoms with Gasteiger partial charge in [0, 0.05) is 48.2 Å². The van der Waals surface area contributed by atoms with E-state index in [1.54, 1.807) is 12.1 Å². The Kier molecular flexibility index (Phi) is 26.3. The van der Waals surface area contributed by atoms with E-state index >= 15 is 0 Å². The fourth-order valence-electron chi connectivity index (χ4n) is 8.38. The summed E-state index contributed by atoms with van der Waals surface area (Å²) in [6.07, 6.45) is 3.49. The Balaban J connectivity index is 0.00000888. The second-order valence-corrected chi connectivity index (χ2v) is 18.5. The van der Waals surface area contributed by atoms with Gasteiger partial charge in [0.25, 0.3) is 11.8 Å². The summed E-state index contributed by atoms with van der Waals surface area (Å²) in [6, 6.07) is 19.5. The highest BCUT2D eigenvalue weighted by Gasteiger charge is 2.27. The van der Waals surface area contributed by atoms with Crippen LogP contribution in [0.5, 0.6) is 11.5 Å². The fourth-order valence-corrected chi connectivity index (χ4v) is 8.38. The molecule has 0 fully saturated rings. The minimum absolute atomic E-state index is 0. The largest absolute Gasteiger partial charge is 1.00 e. The van der Waals surface area contributed by atoms with Crippen LogP contribution in [0.25, 0.3) is 11.1 Å². The van der Waals surface area contributed by atoms with Crippen molar-refractivity contribution in [1.82, 2.24) is 0 Å². The molecule has 0 aromatic heterocycles. The lowest BCUT2D eigenvalue weighted by Crippen LogP contribution is -3.00. The third-order valence-electron chi connectivity index (χ3n) is 12.4. The molecule has 0 heterocycles. The molecule has 2 amide bonds. The van der Waals surface area contributed by atoms with Gasteiger partial charge in [0.2, 0.25) is 12.1 Å². The van der Waals surface area contributed by atoms with Gasteiger partial charge in [-0.05, 0) is 137 Å². The minimum Gasteiger partial charge on any atom is -1.00 e. The zero-order chi connectivity index (χ0) is 51.4. The molecule has 0 bridgehead atoms. The molecule has 0 radical (unpaired) electrons. The standard InChI is InChI=1S/C52H74N12O6.2ClH/c1-35-29-41(15-17-43(35)57-51(67)49(37(3)65)61-59-45-31-39(13-19-47(45)69-7)33-63(5,25-9-21-53)26-10-22-54)42-16-18-44(36(2)30-42)58-52(68)50(38(4)66)62-60-46-32-40(14-20-48(46)70-8)34-64(6,27-11-23-55)28-12-24-56;;/h13-20,29-32,49-50H,9-12,21-28,33-34,53-56H2,1-8H3;2*1H. The van der Waals surface area contributed by atoms with Gasteiger partial charge in [-0.2, -0.15) is 20.5 Å². The lowest BCUT2D eigenvalue weighted by Gasteiger charge is -2.35. The van der Waals surface area contributed by atoms with E-state index in [2.05, 4.69) is 45.2 Å². The van der Waals surface area contributed by atoms with E-state index in [0.29, 0.717) is 73.5 Å². The van der Waals surface area contributed by atoms with E-state index in [-0.39, 0.29) is 24.8 Å². The number of anilines is 2. The first-order valence-electron chi connectivity index (χ1n) is 23.9. The second kappa shape index (κ2) is 30.4. The molecular formula is C52H76Cl2N12O6. The number of amides is 2.